The molecule has 1 heterocycles. The summed E-state index contributed by atoms with van der Waals surface area (Å²) in [6.07, 6.45) is 1.69. The average Bonchev–Trinajstić information content (AvgIpc) is 2.45. The van der Waals surface area contributed by atoms with Gasteiger partial charge in [-0.2, -0.15) is 0 Å². The first kappa shape index (κ1) is 16.9. The van der Waals surface area contributed by atoms with Crippen molar-refractivity contribution in [3.05, 3.63) is 0 Å². The second-order valence-electron chi connectivity index (χ2n) is 4.55. The lowest BCUT2D eigenvalue weighted by atomic mass is 10.0. The van der Waals surface area contributed by atoms with Crippen LogP contribution in [0.2, 0.25) is 0 Å². The van der Waals surface area contributed by atoms with Crippen LogP contribution in [0, 0.1) is 0 Å². The lowest BCUT2D eigenvalue weighted by Crippen LogP contribution is -2.53. The molecule has 0 radical (unpaired) electrons. The number of piperidine rings is 1. The van der Waals surface area contributed by atoms with Crippen LogP contribution in [0.5, 0.6) is 0 Å². The lowest BCUT2D eigenvalue weighted by Gasteiger charge is -2.32. The van der Waals surface area contributed by atoms with Crippen LogP contribution in [0.4, 0.5) is 0 Å². The van der Waals surface area contributed by atoms with Gasteiger partial charge in [-0.05, 0) is 19.3 Å². The number of carboxylic acid groups (broad SMARTS) is 2. The second-order valence-corrected chi connectivity index (χ2v) is 4.55. The Balaban J connectivity index is 2.40. The van der Waals surface area contributed by atoms with E-state index < -0.39 is 36.4 Å². The fraction of sp³-hybridized carbons (Fsp3) is 0.667. The van der Waals surface area contributed by atoms with Gasteiger partial charge in [-0.15, -0.1) is 0 Å². The number of hydrogen-bond donors (Lipinski definition) is 3. The lowest BCUT2D eigenvalue weighted by molar-refractivity contribution is -0.156. The Hall–Kier alpha value is -2.16. The molecule has 0 aliphatic carbocycles. The minimum absolute atomic E-state index is 0.0244. The molecular weight excluding hydrogens is 284 g/mol. The maximum atomic E-state index is 11.9. The number of nitrogens with zero attached hydrogens (tertiary/aromatic N) is 1. The molecule has 118 valence electrons. The Morgan fingerprint density at radius 3 is 2.52 bits per heavy atom. The van der Waals surface area contributed by atoms with E-state index in [9.17, 15) is 19.2 Å². The van der Waals surface area contributed by atoms with E-state index >= 15 is 0 Å². The van der Waals surface area contributed by atoms with Crippen molar-refractivity contribution in [1.82, 2.24) is 10.2 Å². The number of aliphatic carboxylic acids is 2. The van der Waals surface area contributed by atoms with Crippen molar-refractivity contribution in [2.24, 2.45) is 0 Å². The average molecular weight is 302 g/mol. The molecule has 9 heteroatoms. The first-order valence-electron chi connectivity index (χ1n) is 6.54. The van der Waals surface area contributed by atoms with Gasteiger partial charge in [0.2, 0.25) is 0 Å². The Morgan fingerprint density at radius 1 is 1.19 bits per heavy atom. The standard InChI is InChI=1S/C12H18N2O7/c15-9(16)7-21-6-4-13-10(17)11(18)14-5-2-1-3-8(14)12(19)20/h8H,1-7H2,(H,13,17)(H,15,16)(H,19,20)/t8-/m1/s1. The monoisotopic (exact) mass is 302 g/mol. The smallest absolute Gasteiger partial charge is 0.329 e. The molecule has 0 unspecified atom stereocenters. The number of nitrogens with one attached hydrogen (secondary N) is 1. The van der Waals surface area contributed by atoms with Crippen LogP contribution in [0.1, 0.15) is 19.3 Å². The predicted octanol–water partition coefficient (Wildman–Crippen LogP) is -1.33. The fourth-order valence-electron chi connectivity index (χ4n) is 2.03. The van der Waals surface area contributed by atoms with Gasteiger partial charge in [0, 0.05) is 13.1 Å². The molecule has 2 amide bonds. The Bertz CT molecular complexity index is 424. The number of carboxylic acids is 2. The van der Waals surface area contributed by atoms with Crippen molar-refractivity contribution in [2.45, 2.75) is 25.3 Å². The number of rotatable bonds is 6. The third-order valence-electron chi connectivity index (χ3n) is 3.00. The summed E-state index contributed by atoms with van der Waals surface area (Å²) >= 11 is 0. The van der Waals surface area contributed by atoms with Gasteiger partial charge < -0.3 is 25.2 Å². The van der Waals surface area contributed by atoms with Gasteiger partial charge >= 0.3 is 23.8 Å². The topological polar surface area (TPSA) is 133 Å². The van der Waals surface area contributed by atoms with Crippen molar-refractivity contribution in [2.75, 3.05) is 26.3 Å². The van der Waals surface area contributed by atoms with Crippen LogP contribution >= 0.6 is 0 Å². The summed E-state index contributed by atoms with van der Waals surface area (Å²) in [4.78, 5) is 45.8. The van der Waals surface area contributed by atoms with Crippen LogP contribution in [0.25, 0.3) is 0 Å². The number of hydrogen-bond acceptors (Lipinski definition) is 5. The molecule has 9 nitrogen and oxygen atoms in total. The van der Waals surface area contributed by atoms with E-state index in [0.29, 0.717) is 19.3 Å². The molecule has 0 aromatic heterocycles. The Kier molecular flexibility index (Phi) is 6.60. The molecule has 1 aliphatic heterocycles. The highest BCUT2D eigenvalue weighted by atomic mass is 16.5. The van der Waals surface area contributed by atoms with Crippen molar-refractivity contribution in [3.8, 4) is 0 Å². The summed E-state index contributed by atoms with van der Waals surface area (Å²) in [6.45, 7) is -0.327. The van der Waals surface area contributed by atoms with E-state index in [1.54, 1.807) is 0 Å². The van der Waals surface area contributed by atoms with Gasteiger partial charge in [0.25, 0.3) is 0 Å². The second kappa shape index (κ2) is 8.20. The highest BCUT2D eigenvalue weighted by Crippen LogP contribution is 2.17. The van der Waals surface area contributed by atoms with Crippen LogP contribution in [-0.2, 0) is 23.9 Å². The van der Waals surface area contributed by atoms with Crippen LogP contribution in [0.3, 0.4) is 0 Å². The zero-order chi connectivity index (χ0) is 15.8. The first-order chi connectivity index (χ1) is 9.93. The first-order valence-corrected chi connectivity index (χ1v) is 6.54. The van der Waals surface area contributed by atoms with Gasteiger partial charge in [0.1, 0.15) is 12.6 Å². The Labute approximate surface area is 120 Å². The molecule has 1 aliphatic rings. The summed E-state index contributed by atoms with van der Waals surface area (Å²) in [5.74, 6) is -4.06. The number of carbonyl (C=O) groups is 4. The third kappa shape index (κ3) is 5.38. The van der Waals surface area contributed by atoms with Crippen molar-refractivity contribution in [3.63, 3.8) is 0 Å². The van der Waals surface area contributed by atoms with Crippen LogP contribution < -0.4 is 5.32 Å². The van der Waals surface area contributed by atoms with Gasteiger partial charge in [0.15, 0.2) is 0 Å². The molecule has 0 spiro atoms. The zero-order valence-corrected chi connectivity index (χ0v) is 11.4. The largest absolute Gasteiger partial charge is 0.480 e. The number of amides is 2. The summed E-state index contributed by atoms with van der Waals surface area (Å²) < 4.78 is 4.70. The molecule has 1 saturated heterocycles. The van der Waals surface area contributed by atoms with Crippen molar-refractivity contribution >= 4 is 23.8 Å². The van der Waals surface area contributed by atoms with Gasteiger partial charge in [-0.1, -0.05) is 0 Å². The van der Waals surface area contributed by atoms with Crippen molar-refractivity contribution < 1.29 is 34.1 Å². The number of carbonyl (C=O) groups excluding carboxylic acids is 2. The highest BCUT2D eigenvalue weighted by Gasteiger charge is 2.34. The van der Waals surface area contributed by atoms with E-state index in [-0.39, 0.29) is 19.7 Å². The number of likely N-dealkylation sites (tertiary alicyclic amines) is 1. The van der Waals surface area contributed by atoms with E-state index in [0.717, 1.165) is 4.90 Å². The predicted molar refractivity (Wildman–Crippen MR) is 68.5 cm³/mol. The van der Waals surface area contributed by atoms with E-state index in [1.165, 1.54) is 0 Å². The SMILES string of the molecule is O=C(O)COCCNC(=O)C(=O)N1CCCC[C@@H]1C(=O)O. The third-order valence-corrected chi connectivity index (χ3v) is 3.00. The molecule has 0 saturated carbocycles. The molecule has 0 bridgehead atoms. The molecule has 1 fully saturated rings. The normalized spacial score (nSPS) is 18.1. The summed E-state index contributed by atoms with van der Waals surface area (Å²) in [7, 11) is 0. The van der Waals surface area contributed by atoms with Gasteiger partial charge in [-0.3, -0.25) is 9.59 Å². The van der Waals surface area contributed by atoms with E-state index in [1.807, 2.05) is 0 Å². The maximum absolute atomic E-state index is 11.9. The minimum Gasteiger partial charge on any atom is -0.480 e. The molecule has 1 rings (SSSR count). The molecule has 0 aromatic carbocycles. The summed E-state index contributed by atoms with van der Waals surface area (Å²) in [6, 6.07) is -0.972. The molecule has 0 aromatic rings. The number of ether oxygens (including phenoxy) is 1. The molecule has 21 heavy (non-hydrogen) atoms. The quantitative estimate of drug-likeness (QED) is 0.409. The van der Waals surface area contributed by atoms with Gasteiger partial charge in [0.05, 0.1) is 6.61 Å². The zero-order valence-electron chi connectivity index (χ0n) is 11.4. The van der Waals surface area contributed by atoms with E-state index in [4.69, 9.17) is 14.9 Å². The molecule has 1 atom stereocenters. The minimum atomic E-state index is -1.13. The summed E-state index contributed by atoms with van der Waals surface area (Å²) in [5.41, 5.74) is 0. The molecule has 3 N–H and O–H groups in total. The fourth-order valence-corrected chi connectivity index (χ4v) is 2.03. The van der Waals surface area contributed by atoms with Gasteiger partial charge in [-0.25, -0.2) is 9.59 Å². The highest BCUT2D eigenvalue weighted by molar-refractivity contribution is 6.35. The Morgan fingerprint density at radius 2 is 1.90 bits per heavy atom. The van der Waals surface area contributed by atoms with Crippen LogP contribution in [0.15, 0.2) is 0 Å². The summed E-state index contributed by atoms with van der Waals surface area (Å²) in [5, 5.41) is 19.6. The molecular formula is C12H18N2O7. The maximum Gasteiger partial charge on any atom is 0.329 e. The van der Waals surface area contributed by atoms with Crippen LogP contribution in [-0.4, -0.2) is 71.2 Å². The van der Waals surface area contributed by atoms with E-state index in [2.05, 4.69) is 5.32 Å². The van der Waals surface area contributed by atoms with Crippen molar-refractivity contribution in [1.29, 1.82) is 0 Å².